The molecule has 1 aromatic carbocycles. The number of nitrogens with one attached hydrogen (secondary N) is 1. The van der Waals surface area contributed by atoms with Gasteiger partial charge < -0.3 is 5.73 Å². The van der Waals surface area contributed by atoms with Gasteiger partial charge in [0.15, 0.2) is 5.78 Å². The Kier molecular flexibility index (Phi) is 4.80. The molecule has 1 aromatic rings. The molecule has 1 rings (SSSR count). The highest BCUT2D eigenvalue weighted by Crippen LogP contribution is 2.11. The van der Waals surface area contributed by atoms with Crippen molar-refractivity contribution in [2.24, 2.45) is 5.73 Å². The molecule has 0 unspecified atom stereocenters. The van der Waals surface area contributed by atoms with Crippen LogP contribution in [0.2, 0.25) is 0 Å². The van der Waals surface area contributed by atoms with E-state index in [0.717, 1.165) is 0 Å². The van der Waals surface area contributed by atoms with Crippen LogP contribution in [0.4, 0.5) is 0 Å². The summed E-state index contributed by atoms with van der Waals surface area (Å²) in [7, 11) is -3.55. The van der Waals surface area contributed by atoms with Crippen LogP contribution in [0, 0.1) is 0 Å². The van der Waals surface area contributed by atoms with Crippen LogP contribution < -0.4 is 10.5 Å². The number of benzene rings is 1. The molecule has 0 fully saturated rings. The van der Waals surface area contributed by atoms with Gasteiger partial charge in [0, 0.05) is 12.1 Å². The molecule has 17 heavy (non-hydrogen) atoms. The lowest BCUT2D eigenvalue weighted by Crippen LogP contribution is -2.26. The van der Waals surface area contributed by atoms with Crippen molar-refractivity contribution < 1.29 is 13.2 Å². The average molecular weight is 256 g/mol. The first-order chi connectivity index (χ1) is 7.97. The van der Waals surface area contributed by atoms with Crippen molar-refractivity contribution in [1.29, 1.82) is 0 Å². The van der Waals surface area contributed by atoms with Crippen LogP contribution in [-0.4, -0.2) is 27.3 Å². The van der Waals surface area contributed by atoms with Crippen LogP contribution in [0.25, 0.3) is 0 Å². The molecule has 0 saturated heterocycles. The molecular formula is C11H16N2O3S. The third-order valence-corrected chi connectivity index (χ3v) is 3.68. The predicted octanol–water partition coefficient (Wildman–Crippen LogP) is 0.516. The number of Topliss-reactive ketones (excluding diaryl/α,β-unsaturated/α-hetero) is 1. The van der Waals surface area contributed by atoms with Gasteiger partial charge in [-0.2, -0.15) is 0 Å². The fourth-order valence-electron chi connectivity index (χ4n) is 1.27. The van der Waals surface area contributed by atoms with E-state index in [1.807, 2.05) is 0 Å². The lowest BCUT2D eigenvalue weighted by molar-refractivity contribution is 0.101. The number of hydrogen-bond acceptors (Lipinski definition) is 4. The minimum atomic E-state index is -3.55. The minimum Gasteiger partial charge on any atom is -0.330 e. The van der Waals surface area contributed by atoms with Gasteiger partial charge in [-0.05, 0) is 32.0 Å². The second-order valence-corrected chi connectivity index (χ2v) is 5.39. The number of carbonyl (C=O) groups is 1. The van der Waals surface area contributed by atoms with Crippen molar-refractivity contribution >= 4 is 15.8 Å². The van der Waals surface area contributed by atoms with Crippen LogP contribution in [-0.2, 0) is 10.0 Å². The number of nitrogens with two attached hydrogens (primary N) is 1. The SMILES string of the molecule is CC(=O)c1cccc(S(=O)(=O)NCCCN)c1. The van der Waals surface area contributed by atoms with Crippen LogP contribution in [0.5, 0.6) is 0 Å². The van der Waals surface area contributed by atoms with Gasteiger partial charge >= 0.3 is 0 Å². The van der Waals surface area contributed by atoms with Crippen molar-refractivity contribution in [1.82, 2.24) is 4.72 Å². The zero-order valence-electron chi connectivity index (χ0n) is 9.64. The number of sulfonamides is 1. The van der Waals surface area contributed by atoms with Gasteiger partial charge in [-0.3, -0.25) is 4.79 Å². The monoisotopic (exact) mass is 256 g/mol. The van der Waals surface area contributed by atoms with Gasteiger partial charge in [-0.15, -0.1) is 0 Å². The van der Waals surface area contributed by atoms with E-state index in [9.17, 15) is 13.2 Å². The smallest absolute Gasteiger partial charge is 0.240 e. The van der Waals surface area contributed by atoms with Gasteiger partial charge in [-0.25, -0.2) is 13.1 Å². The highest BCUT2D eigenvalue weighted by atomic mass is 32.2. The number of carbonyl (C=O) groups excluding carboxylic acids is 1. The Morgan fingerprint density at radius 1 is 1.41 bits per heavy atom. The molecule has 0 radical (unpaired) electrons. The molecule has 0 aliphatic carbocycles. The Hall–Kier alpha value is -1.24. The summed E-state index contributed by atoms with van der Waals surface area (Å²) in [5.74, 6) is -0.163. The molecule has 0 heterocycles. The molecule has 0 spiro atoms. The Balaban J connectivity index is 2.91. The van der Waals surface area contributed by atoms with Gasteiger partial charge in [0.1, 0.15) is 0 Å². The van der Waals surface area contributed by atoms with E-state index in [-0.39, 0.29) is 10.7 Å². The summed E-state index contributed by atoms with van der Waals surface area (Å²) < 4.78 is 26.1. The highest BCUT2D eigenvalue weighted by Gasteiger charge is 2.14. The van der Waals surface area contributed by atoms with Crippen LogP contribution in [0.15, 0.2) is 29.2 Å². The van der Waals surface area contributed by atoms with Gasteiger partial charge in [0.2, 0.25) is 10.0 Å². The number of rotatable bonds is 6. The largest absolute Gasteiger partial charge is 0.330 e. The first-order valence-electron chi connectivity index (χ1n) is 5.28. The maximum Gasteiger partial charge on any atom is 0.240 e. The van der Waals surface area contributed by atoms with E-state index in [1.54, 1.807) is 12.1 Å². The summed E-state index contributed by atoms with van der Waals surface area (Å²) in [6, 6.07) is 5.96. The quantitative estimate of drug-likeness (QED) is 0.573. The van der Waals surface area contributed by atoms with Crippen molar-refractivity contribution in [3.8, 4) is 0 Å². The fraction of sp³-hybridized carbons (Fsp3) is 0.364. The molecule has 94 valence electrons. The van der Waals surface area contributed by atoms with Gasteiger partial charge in [0.25, 0.3) is 0 Å². The van der Waals surface area contributed by atoms with Gasteiger partial charge in [0.05, 0.1) is 4.90 Å². The molecule has 0 aliphatic heterocycles. The molecule has 0 aromatic heterocycles. The van der Waals surface area contributed by atoms with Crippen molar-refractivity contribution in [2.45, 2.75) is 18.2 Å². The minimum absolute atomic E-state index is 0.0993. The summed E-state index contributed by atoms with van der Waals surface area (Å²) in [5.41, 5.74) is 5.66. The Morgan fingerprint density at radius 2 is 2.12 bits per heavy atom. The number of hydrogen-bond donors (Lipinski definition) is 2. The maximum atomic E-state index is 11.8. The van der Waals surface area contributed by atoms with Crippen molar-refractivity contribution in [3.63, 3.8) is 0 Å². The molecule has 0 amide bonds. The van der Waals surface area contributed by atoms with E-state index < -0.39 is 10.0 Å². The maximum absolute atomic E-state index is 11.8. The Morgan fingerprint density at radius 3 is 2.71 bits per heavy atom. The van der Waals surface area contributed by atoms with Crippen molar-refractivity contribution in [3.05, 3.63) is 29.8 Å². The lowest BCUT2D eigenvalue weighted by atomic mass is 10.2. The van der Waals surface area contributed by atoms with E-state index >= 15 is 0 Å². The molecule has 0 aliphatic rings. The average Bonchev–Trinajstić information content (AvgIpc) is 2.29. The third-order valence-electron chi connectivity index (χ3n) is 2.22. The normalized spacial score (nSPS) is 11.4. The molecule has 6 heteroatoms. The zero-order chi connectivity index (χ0) is 12.9. The highest BCUT2D eigenvalue weighted by molar-refractivity contribution is 7.89. The molecule has 0 atom stereocenters. The predicted molar refractivity (Wildman–Crippen MR) is 65.3 cm³/mol. The summed E-state index contributed by atoms with van der Waals surface area (Å²) in [5, 5.41) is 0. The summed E-state index contributed by atoms with van der Waals surface area (Å²) in [6.45, 7) is 2.12. The standard InChI is InChI=1S/C11H16N2O3S/c1-9(14)10-4-2-5-11(8-10)17(15,16)13-7-3-6-12/h2,4-5,8,13H,3,6-7,12H2,1H3. The summed E-state index contributed by atoms with van der Waals surface area (Å²) in [4.78, 5) is 11.3. The van der Waals surface area contributed by atoms with Crippen molar-refractivity contribution in [2.75, 3.05) is 13.1 Å². The lowest BCUT2D eigenvalue weighted by Gasteiger charge is -2.06. The molecular weight excluding hydrogens is 240 g/mol. The van der Waals surface area contributed by atoms with Crippen LogP contribution in [0.1, 0.15) is 23.7 Å². The fourth-order valence-corrected chi connectivity index (χ4v) is 2.39. The van der Waals surface area contributed by atoms with Gasteiger partial charge in [-0.1, -0.05) is 12.1 Å². The molecule has 3 N–H and O–H groups in total. The third kappa shape index (κ3) is 3.92. The molecule has 5 nitrogen and oxygen atoms in total. The molecule has 0 saturated carbocycles. The van der Waals surface area contributed by atoms with E-state index in [0.29, 0.717) is 25.1 Å². The van der Waals surface area contributed by atoms with E-state index in [4.69, 9.17) is 5.73 Å². The summed E-state index contributed by atoms with van der Waals surface area (Å²) >= 11 is 0. The second kappa shape index (κ2) is 5.90. The van der Waals surface area contributed by atoms with E-state index in [2.05, 4.69) is 4.72 Å². The van der Waals surface area contributed by atoms with Crippen LogP contribution >= 0.6 is 0 Å². The van der Waals surface area contributed by atoms with Crippen LogP contribution in [0.3, 0.4) is 0 Å². The first-order valence-corrected chi connectivity index (χ1v) is 6.76. The topological polar surface area (TPSA) is 89.3 Å². The Labute approximate surface area is 101 Å². The number of ketones is 1. The summed E-state index contributed by atoms with van der Waals surface area (Å²) in [6.07, 6.45) is 0.575. The zero-order valence-corrected chi connectivity index (χ0v) is 10.5. The van der Waals surface area contributed by atoms with E-state index in [1.165, 1.54) is 19.1 Å². The second-order valence-electron chi connectivity index (χ2n) is 3.62. The Bertz CT molecular complexity index is 497. The first kappa shape index (κ1) is 13.8. The molecule has 0 bridgehead atoms.